The number of halogens is 1. The Morgan fingerprint density at radius 1 is 1.50 bits per heavy atom. The molecule has 1 aromatic heterocycles. The molecule has 0 saturated heterocycles. The predicted octanol–water partition coefficient (Wildman–Crippen LogP) is 0.946. The molecule has 2 rings (SSSR count). The van der Waals surface area contributed by atoms with Crippen LogP contribution in [0.3, 0.4) is 0 Å². The van der Waals surface area contributed by atoms with Crippen molar-refractivity contribution in [3.05, 3.63) is 11.5 Å². The van der Waals surface area contributed by atoms with Gasteiger partial charge in [-0.1, -0.05) is 12.8 Å². The SMILES string of the molecule is NC(=O)CN(c1nc(Cl)ncc1N)C1CCCC1. The van der Waals surface area contributed by atoms with Gasteiger partial charge < -0.3 is 16.4 Å². The molecule has 6 nitrogen and oxygen atoms in total. The lowest BCUT2D eigenvalue weighted by Gasteiger charge is -2.29. The van der Waals surface area contributed by atoms with Gasteiger partial charge in [0.05, 0.1) is 18.4 Å². The minimum Gasteiger partial charge on any atom is -0.394 e. The van der Waals surface area contributed by atoms with E-state index in [-0.39, 0.29) is 17.9 Å². The third-order valence-corrected chi connectivity index (χ3v) is 3.31. The van der Waals surface area contributed by atoms with Crippen LogP contribution in [-0.2, 0) is 4.79 Å². The van der Waals surface area contributed by atoms with E-state index in [1.807, 2.05) is 4.90 Å². The van der Waals surface area contributed by atoms with Gasteiger partial charge in [0.1, 0.15) is 0 Å². The maximum Gasteiger partial charge on any atom is 0.237 e. The number of primary amides is 1. The van der Waals surface area contributed by atoms with Crippen LogP contribution >= 0.6 is 11.6 Å². The first-order valence-corrected chi connectivity index (χ1v) is 6.28. The summed E-state index contributed by atoms with van der Waals surface area (Å²) in [5.74, 6) is 0.0942. The Kier molecular flexibility index (Phi) is 3.86. The molecule has 1 saturated carbocycles. The summed E-state index contributed by atoms with van der Waals surface area (Å²) in [7, 11) is 0. The number of aromatic nitrogens is 2. The normalized spacial score (nSPS) is 15.8. The molecular weight excluding hydrogens is 254 g/mol. The van der Waals surface area contributed by atoms with Crippen molar-refractivity contribution in [1.29, 1.82) is 0 Å². The summed E-state index contributed by atoms with van der Waals surface area (Å²) in [5, 5.41) is 0.117. The summed E-state index contributed by atoms with van der Waals surface area (Å²) in [6.45, 7) is 0.0994. The van der Waals surface area contributed by atoms with Gasteiger partial charge in [-0.15, -0.1) is 0 Å². The van der Waals surface area contributed by atoms with Crippen molar-refractivity contribution >= 4 is 29.0 Å². The van der Waals surface area contributed by atoms with Crippen molar-refractivity contribution < 1.29 is 4.79 Å². The Labute approximate surface area is 110 Å². The van der Waals surface area contributed by atoms with Gasteiger partial charge >= 0.3 is 0 Å². The van der Waals surface area contributed by atoms with Crippen molar-refractivity contribution in [2.75, 3.05) is 17.2 Å². The minimum atomic E-state index is -0.406. The van der Waals surface area contributed by atoms with Crippen molar-refractivity contribution in [3.8, 4) is 0 Å². The molecule has 0 aromatic carbocycles. The second kappa shape index (κ2) is 5.39. The number of hydrogen-bond acceptors (Lipinski definition) is 5. The van der Waals surface area contributed by atoms with E-state index in [2.05, 4.69) is 9.97 Å². The van der Waals surface area contributed by atoms with E-state index in [1.165, 1.54) is 6.20 Å². The summed E-state index contributed by atoms with van der Waals surface area (Å²) >= 11 is 5.78. The fourth-order valence-electron chi connectivity index (χ4n) is 2.35. The van der Waals surface area contributed by atoms with E-state index in [4.69, 9.17) is 23.1 Å². The maximum absolute atomic E-state index is 11.2. The van der Waals surface area contributed by atoms with Gasteiger partial charge in [0.25, 0.3) is 0 Å². The van der Waals surface area contributed by atoms with Gasteiger partial charge in [0, 0.05) is 6.04 Å². The molecule has 0 unspecified atom stereocenters. The van der Waals surface area contributed by atoms with Crippen LogP contribution in [0.25, 0.3) is 0 Å². The number of rotatable bonds is 4. The van der Waals surface area contributed by atoms with Gasteiger partial charge in [0.2, 0.25) is 11.2 Å². The first kappa shape index (κ1) is 12.9. The third kappa shape index (κ3) is 2.81. The summed E-state index contributed by atoms with van der Waals surface area (Å²) in [4.78, 5) is 21.0. The molecule has 1 aliphatic rings. The molecule has 1 aliphatic carbocycles. The predicted molar refractivity (Wildman–Crippen MR) is 70.3 cm³/mol. The van der Waals surface area contributed by atoms with E-state index in [0.29, 0.717) is 11.5 Å². The number of carbonyl (C=O) groups is 1. The van der Waals surface area contributed by atoms with Crippen molar-refractivity contribution in [2.24, 2.45) is 5.73 Å². The zero-order valence-electron chi connectivity index (χ0n) is 9.97. The molecule has 0 bridgehead atoms. The van der Waals surface area contributed by atoms with Crippen molar-refractivity contribution in [2.45, 2.75) is 31.7 Å². The highest BCUT2D eigenvalue weighted by Gasteiger charge is 2.26. The highest BCUT2D eigenvalue weighted by atomic mass is 35.5. The van der Waals surface area contributed by atoms with Crippen LogP contribution < -0.4 is 16.4 Å². The molecule has 0 radical (unpaired) electrons. The molecule has 1 aromatic rings. The van der Waals surface area contributed by atoms with Gasteiger partial charge in [-0.05, 0) is 24.4 Å². The molecule has 1 amide bonds. The van der Waals surface area contributed by atoms with E-state index < -0.39 is 5.91 Å². The fourth-order valence-corrected chi connectivity index (χ4v) is 2.48. The first-order chi connectivity index (χ1) is 8.58. The smallest absolute Gasteiger partial charge is 0.237 e. The zero-order valence-corrected chi connectivity index (χ0v) is 10.7. The Balaban J connectivity index is 2.31. The quantitative estimate of drug-likeness (QED) is 0.793. The lowest BCUT2D eigenvalue weighted by molar-refractivity contribution is -0.116. The standard InChI is InChI=1S/C11H16ClN5O/c12-11-15-5-8(13)10(16-11)17(6-9(14)18)7-3-1-2-4-7/h5,7H,1-4,6,13H2,(H2,14,18). The Bertz CT molecular complexity index is 447. The fraction of sp³-hybridized carbons (Fsp3) is 0.545. The molecular formula is C11H16ClN5O. The van der Waals surface area contributed by atoms with Crippen LogP contribution in [0.15, 0.2) is 6.20 Å². The number of hydrogen-bond donors (Lipinski definition) is 2. The van der Waals surface area contributed by atoms with Crippen LogP contribution in [0, 0.1) is 0 Å². The summed E-state index contributed by atoms with van der Waals surface area (Å²) in [6.07, 6.45) is 5.74. The molecule has 1 heterocycles. The lowest BCUT2D eigenvalue weighted by atomic mass is 10.2. The lowest BCUT2D eigenvalue weighted by Crippen LogP contribution is -2.41. The first-order valence-electron chi connectivity index (χ1n) is 5.91. The molecule has 18 heavy (non-hydrogen) atoms. The number of amides is 1. The number of nitrogens with two attached hydrogens (primary N) is 2. The van der Waals surface area contributed by atoms with Gasteiger partial charge in [-0.25, -0.2) is 4.98 Å². The van der Waals surface area contributed by atoms with Gasteiger partial charge in [-0.2, -0.15) is 4.98 Å². The van der Waals surface area contributed by atoms with Crippen LogP contribution in [0.1, 0.15) is 25.7 Å². The Morgan fingerprint density at radius 2 is 2.17 bits per heavy atom. The van der Waals surface area contributed by atoms with Crippen LogP contribution in [0.4, 0.5) is 11.5 Å². The molecule has 4 N–H and O–H groups in total. The Morgan fingerprint density at radius 3 is 2.78 bits per heavy atom. The number of nitrogens with zero attached hydrogens (tertiary/aromatic N) is 3. The topological polar surface area (TPSA) is 98.1 Å². The van der Waals surface area contributed by atoms with E-state index in [9.17, 15) is 4.79 Å². The molecule has 1 fully saturated rings. The van der Waals surface area contributed by atoms with Gasteiger partial charge in [-0.3, -0.25) is 4.79 Å². The van der Waals surface area contributed by atoms with Crippen LogP contribution in [-0.4, -0.2) is 28.5 Å². The molecule has 0 atom stereocenters. The molecule has 7 heteroatoms. The summed E-state index contributed by atoms with van der Waals surface area (Å²) in [5.41, 5.74) is 11.6. The third-order valence-electron chi connectivity index (χ3n) is 3.13. The highest BCUT2D eigenvalue weighted by Crippen LogP contribution is 2.30. The molecule has 0 aliphatic heterocycles. The average Bonchev–Trinajstić information content (AvgIpc) is 2.82. The Hall–Kier alpha value is -1.56. The van der Waals surface area contributed by atoms with Gasteiger partial charge in [0.15, 0.2) is 5.82 Å². The second-order valence-electron chi connectivity index (χ2n) is 4.45. The number of carbonyl (C=O) groups excluding carboxylic acids is 1. The minimum absolute atomic E-state index is 0.0994. The molecule has 98 valence electrons. The summed E-state index contributed by atoms with van der Waals surface area (Å²) in [6, 6.07) is 0.241. The number of anilines is 2. The van der Waals surface area contributed by atoms with E-state index in [1.54, 1.807) is 0 Å². The monoisotopic (exact) mass is 269 g/mol. The zero-order chi connectivity index (χ0) is 13.1. The second-order valence-corrected chi connectivity index (χ2v) is 4.79. The van der Waals surface area contributed by atoms with E-state index >= 15 is 0 Å². The number of nitrogen functional groups attached to an aromatic ring is 1. The van der Waals surface area contributed by atoms with Crippen LogP contribution in [0.2, 0.25) is 5.28 Å². The molecule has 0 spiro atoms. The van der Waals surface area contributed by atoms with Crippen molar-refractivity contribution in [3.63, 3.8) is 0 Å². The average molecular weight is 270 g/mol. The van der Waals surface area contributed by atoms with Crippen LogP contribution in [0.5, 0.6) is 0 Å². The highest BCUT2D eigenvalue weighted by molar-refractivity contribution is 6.28. The largest absolute Gasteiger partial charge is 0.394 e. The summed E-state index contributed by atoms with van der Waals surface area (Å²) < 4.78 is 0. The van der Waals surface area contributed by atoms with E-state index in [0.717, 1.165) is 25.7 Å². The van der Waals surface area contributed by atoms with Crippen molar-refractivity contribution in [1.82, 2.24) is 9.97 Å². The maximum atomic E-state index is 11.2.